The first-order valence-corrected chi connectivity index (χ1v) is 9.93. The normalized spacial score (nSPS) is 24.3. The van der Waals surface area contributed by atoms with Crippen LogP contribution in [-0.4, -0.2) is 46.4 Å². The average molecular weight is 393 g/mol. The molecule has 2 aliphatic rings. The van der Waals surface area contributed by atoms with Gasteiger partial charge in [0.2, 0.25) is 5.91 Å². The molecule has 0 bridgehead atoms. The van der Waals surface area contributed by atoms with Crippen molar-refractivity contribution in [1.82, 2.24) is 10.2 Å². The summed E-state index contributed by atoms with van der Waals surface area (Å²) in [5.41, 5.74) is 0.536. The fraction of sp³-hybridized carbons (Fsp3) is 0.550. The smallest absolute Gasteiger partial charge is 0.303 e. The van der Waals surface area contributed by atoms with Crippen LogP contribution >= 0.6 is 11.6 Å². The van der Waals surface area contributed by atoms with Crippen molar-refractivity contribution in [2.45, 2.75) is 57.0 Å². The van der Waals surface area contributed by atoms with Crippen molar-refractivity contribution < 1.29 is 19.5 Å². The summed E-state index contributed by atoms with van der Waals surface area (Å²) in [6.45, 7) is 0.305. The molecule has 146 valence electrons. The monoisotopic (exact) mass is 392 g/mol. The maximum atomic E-state index is 13.2. The molecule has 2 N–H and O–H groups in total. The molecule has 6 nitrogen and oxygen atoms in total. The van der Waals surface area contributed by atoms with E-state index < -0.39 is 12.0 Å². The molecule has 3 rings (SSSR count). The number of carboxylic acid groups (broad SMARTS) is 1. The van der Waals surface area contributed by atoms with E-state index in [9.17, 15) is 14.4 Å². The first-order valence-electron chi connectivity index (χ1n) is 9.55. The van der Waals surface area contributed by atoms with Crippen LogP contribution in [0.3, 0.4) is 0 Å². The fourth-order valence-electron chi connectivity index (χ4n) is 4.30. The van der Waals surface area contributed by atoms with Gasteiger partial charge in [0.15, 0.2) is 0 Å². The molecule has 3 atom stereocenters. The first-order chi connectivity index (χ1) is 13.0. The number of fused-ring (bicyclic) bond motifs is 1. The van der Waals surface area contributed by atoms with Gasteiger partial charge in [-0.1, -0.05) is 24.4 Å². The molecule has 3 unspecified atom stereocenters. The molecule has 1 aromatic rings. The quantitative estimate of drug-likeness (QED) is 0.728. The third-order valence-electron chi connectivity index (χ3n) is 5.58. The van der Waals surface area contributed by atoms with Crippen LogP contribution in [0.2, 0.25) is 5.02 Å². The van der Waals surface area contributed by atoms with Crippen molar-refractivity contribution >= 4 is 29.4 Å². The summed E-state index contributed by atoms with van der Waals surface area (Å²) in [6, 6.07) is 6.36. The van der Waals surface area contributed by atoms with Gasteiger partial charge in [0.05, 0.1) is 0 Å². The highest BCUT2D eigenvalue weighted by Gasteiger charge is 2.47. The van der Waals surface area contributed by atoms with Gasteiger partial charge in [-0.05, 0) is 55.9 Å². The molecule has 1 saturated carbocycles. The van der Waals surface area contributed by atoms with Crippen LogP contribution in [0.15, 0.2) is 24.3 Å². The van der Waals surface area contributed by atoms with Crippen LogP contribution < -0.4 is 5.32 Å². The molecule has 2 fully saturated rings. The third-order valence-corrected chi connectivity index (χ3v) is 5.84. The second-order valence-electron chi connectivity index (χ2n) is 7.37. The van der Waals surface area contributed by atoms with Crippen molar-refractivity contribution in [3.63, 3.8) is 0 Å². The van der Waals surface area contributed by atoms with E-state index in [0.717, 1.165) is 25.7 Å². The number of aliphatic carboxylic acids is 1. The Morgan fingerprint density at radius 3 is 2.56 bits per heavy atom. The Hall–Kier alpha value is -2.08. The zero-order chi connectivity index (χ0) is 19.4. The molecule has 1 aliphatic carbocycles. The zero-order valence-electron chi connectivity index (χ0n) is 15.2. The lowest BCUT2D eigenvalue weighted by atomic mass is 9.84. The standard InChI is InChI=1S/C20H25ClN2O4/c21-15-9-7-13(8-10-15)20(27)23-16-5-2-1-4-14(16)12-17(23)19(26)22-11-3-6-18(24)25/h7-10,14,16-17H,1-6,11-12H2,(H,22,26)(H,24,25). The van der Waals surface area contributed by atoms with E-state index in [-0.39, 0.29) is 24.3 Å². The molecular weight excluding hydrogens is 368 g/mol. The molecule has 0 radical (unpaired) electrons. The Kier molecular flexibility index (Phi) is 6.37. The van der Waals surface area contributed by atoms with Crippen molar-refractivity contribution in [2.24, 2.45) is 5.92 Å². The summed E-state index contributed by atoms with van der Waals surface area (Å²) in [4.78, 5) is 38.3. The molecule has 27 heavy (non-hydrogen) atoms. The SMILES string of the molecule is O=C(O)CCCNC(=O)C1CC2CCCCC2N1C(=O)c1ccc(Cl)cc1. The van der Waals surface area contributed by atoms with Gasteiger partial charge in [-0.3, -0.25) is 14.4 Å². The van der Waals surface area contributed by atoms with E-state index in [2.05, 4.69) is 5.32 Å². The Morgan fingerprint density at radius 2 is 1.85 bits per heavy atom. The number of carboxylic acids is 1. The van der Waals surface area contributed by atoms with Gasteiger partial charge >= 0.3 is 5.97 Å². The molecule has 0 spiro atoms. The van der Waals surface area contributed by atoms with Gasteiger partial charge in [-0.25, -0.2) is 0 Å². The van der Waals surface area contributed by atoms with E-state index in [1.807, 2.05) is 0 Å². The number of hydrogen-bond acceptors (Lipinski definition) is 3. The molecule has 1 saturated heterocycles. The minimum atomic E-state index is -0.879. The number of likely N-dealkylation sites (tertiary alicyclic amines) is 1. The fourth-order valence-corrected chi connectivity index (χ4v) is 4.42. The summed E-state index contributed by atoms with van der Waals surface area (Å²) in [6.07, 6.45) is 5.24. The van der Waals surface area contributed by atoms with Crippen LogP contribution in [0.5, 0.6) is 0 Å². The zero-order valence-corrected chi connectivity index (χ0v) is 16.0. The number of amides is 2. The van der Waals surface area contributed by atoms with Crippen molar-refractivity contribution in [1.29, 1.82) is 0 Å². The number of rotatable bonds is 6. The topological polar surface area (TPSA) is 86.7 Å². The summed E-state index contributed by atoms with van der Waals surface area (Å²) < 4.78 is 0. The van der Waals surface area contributed by atoms with Gasteiger partial charge in [0.25, 0.3) is 5.91 Å². The van der Waals surface area contributed by atoms with Crippen LogP contribution in [0.4, 0.5) is 0 Å². The van der Waals surface area contributed by atoms with Gasteiger partial charge in [-0.2, -0.15) is 0 Å². The highest BCUT2D eigenvalue weighted by molar-refractivity contribution is 6.30. The number of hydrogen-bond donors (Lipinski definition) is 2. The second kappa shape index (κ2) is 8.74. The predicted molar refractivity (Wildman–Crippen MR) is 102 cm³/mol. The van der Waals surface area contributed by atoms with Gasteiger partial charge in [-0.15, -0.1) is 0 Å². The number of benzene rings is 1. The van der Waals surface area contributed by atoms with Crippen LogP contribution in [0.25, 0.3) is 0 Å². The van der Waals surface area contributed by atoms with Gasteiger partial charge in [0.1, 0.15) is 6.04 Å². The lowest BCUT2D eigenvalue weighted by molar-refractivity contribution is -0.137. The van der Waals surface area contributed by atoms with E-state index in [0.29, 0.717) is 35.9 Å². The molecule has 2 amide bonds. The number of halogens is 1. The molecule has 1 aliphatic heterocycles. The highest BCUT2D eigenvalue weighted by Crippen LogP contribution is 2.40. The largest absolute Gasteiger partial charge is 0.481 e. The Morgan fingerprint density at radius 1 is 1.15 bits per heavy atom. The molecule has 0 aromatic heterocycles. The van der Waals surface area contributed by atoms with Gasteiger partial charge < -0.3 is 15.3 Å². The number of carbonyl (C=O) groups is 3. The van der Waals surface area contributed by atoms with E-state index in [1.165, 1.54) is 0 Å². The predicted octanol–water partition coefficient (Wildman–Crippen LogP) is 3.09. The summed E-state index contributed by atoms with van der Waals surface area (Å²) in [7, 11) is 0. The van der Waals surface area contributed by atoms with Crippen molar-refractivity contribution in [2.75, 3.05) is 6.54 Å². The van der Waals surface area contributed by atoms with Crippen LogP contribution in [0.1, 0.15) is 55.3 Å². The Bertz CT molecular complexity index is 706. The molecular formula is C20H25ClN2O4. The number of carbonyl (C=O) groups excluding carboxylic acids is 2. The first kappa shape index (κ1) is 19.7. The summed E-state index contributed by atoms with van der Waals surface area (Å²) in [5, 5.41) is 12.1. The van der Waals surface area contributed by atoms with Crippen LogP contribution in [0, 0.1) is 5.92 Å². The summed E-state index contributed by atoms with van der Waals surface area (Å²) in [5.74, 6) is -0.843. The van der Waals surface area contributed by atoms with Gasteiger partial charge in [0, 0.05) is 29.6 Å². The van der Waals surface area contributed by atoms with Crippen molar-refractivity contribution in [3.05, 3.63) is 34.9 Å². The maximum absolute atomic E-state index is 13.2. The number of nitrogens with zero attached hydrogens (tertiary/aromatic N) is 1. The van der Waals surface area contributed by atoms with E-state index >= 15 is 0 Å². The molecule has 1 aromatic carbocycles. The highest BCUT2D eigenvalue weighted by atomic mass is 35.5. The second-order valence-corrected chi connectivity index (χ2v) is 7.81. The lowest BCUT2D eigenvalue weighted by Crippen LogP contribution is -2.49. The van der Waals surface area contributed by atoms with E-state index in [1.54, 1.807) is 29.2 Å². The lowest BCUT2D eigenvalue weighted by Gasteiger charge is -2.33. The van der Waals surface area contributed by atoms with Crippen LogP contribution in [-0.2, 0) is 9.59 Å². The average Bonchev–Trinajstić information content (AvgIpc) is 3.04. The number of nitrogens with one attached hydrogen (secondary N) is 1. The summed E-state index contributed by atoms with van der Waals surface area (Å²) >= 11 is 5.93. The Balaban J connectivity index is 1.74. The molecule has 1 heterocycles. The minimum Gasteiger partial charge on any atom is -0.481 e. The molecule has 7 heteroatoms. The van der Waals surface area contributed by atoms with E-state index in [4.69, 9.17) is 16.7 Å². The van der Waals surface area contributed by atoms with Crippen molar-refractivity contribution in [3.8, 4) is 0 Å². The maximum Gasteiger partial charge on any atom is 0.303 e. The Labute approximate surface area is 163 Å². The minimum absolute atomic E-state index is 0.0175. The third kappa shape index (κ3) is 4.61.